The van der Waals surface area contributed by atoms with Crippen LogP contribution in [-0.4, -0.2) is 17.7 Å². The molecule has 2 heterocycles. The van der Waals surface area contributed by atoms with E-state index in [4.69, 9.17) is 0 Å². The van der Waals surface area contributed by atoms with Crippen LogP contribution >= 0.6 is 27.3 Å². The summed E-state index contributed by atoms with van der Waals surface area (Å²) in [5, 5.41) is 13.5. The quantitative estimate of drug-likeness (QED) is 0.870. The first-order valence-electron chi connectivity index (χ1n) is 4.86. The summed E-state index contributed by atoms with van der Waals surface area (Å²) in [5.41, 5.74) is 0. The number of aliphatic hydroxyl groups excluding tert-OH is 1. The third kappa shape index (κ3) is 2.03. The fourth-order valence-corrected chi connectivity index (χ4v) is 3.80. The summed E-state index contributed by atoms with van der Waals surface area (Å²) < 4.78 is 1.04. The number of rotatable bonds is 2. The van der Waals surface area contributed by atoms with E-state index in [1.165, 1.54) is 11.3 Å². The Morgan fingerprint density at radius 1 is 1.71 bits per heavy atom. The van der Waals surface area contributed by atoms with Gasteiger partial charge in [-0.3, -0.25) is 0 Å². The minimum absolute atomic E-state index is 0.240. The first-order valence-corrected chi connectivity index (χ1v) is 6.46. The van der Waals surface area contributed by atoms with Crippen LogP contribution in [0.3, 0.4) is 0 Å². The molecule has 0 saturated carbocycles. The molecule has 4 heteroatoms. The molecule has 78 valence electrons. The van der Waals surface area contributed by atoms with E-state index >= 15 is 0 Å². The molecule has 1 aliphatic rings. The van der Waals surface area contributed by atoms with Gasteiger partial charge < -0.3 is 10.4 Å². The highest BCUT2D eigenvalue weighted by Gasteiger charge is 2.26. The van der Waals surface area contributed by atoms with Gasteiger partial charge in [0.1, 0.15) is 6.10 Å². The average molecular weight is 276 g/mol. The molecule has 0 aromatic carbocycles. The van der Waals surface area contributed by atoms with E-state index in [0.717, 1.165) is 22.3 Å². The number of hydrogen-bond donors (Lipinski definition) is 2. The summed E-state index contributed by atoms with van der Waals surface area (Å²) in [4.78, 5) is 2.30. The normalized spacial score (nSPS) is 24.1. The molecule has 2 rings (SSSR count). The highest BCUT2D eigenvalue weighted by atomic mass is 79.9. The molecule has 14 heavy (non-hydrogen) atoms. The van der Waals surface area contributed by atoms with Crippen molar-refractivity contribution in [2.75, 3.05) is 6.54 Å². The maximum atomic E-state index is 10.1. The average Bonchev–Trinajstić information content (AvgIpc) is 2.73. The summed E-state index contributed by atoms with van der Waals surface area (Å²) in [6, 6.07) is 2.31. The van der Waals surface area contributed by atoms with Crippen molar-refractivity contribution in [3.8, 4) is 0 Å². The maximum absolute atomic E-state index is 10.1. The molecular weight excluding hydrogens is 262 g/mol. The van der Waals surface area contributed by atoms with Gasteiger partial charge in [-0.05, 0) is 48.3 Å². The lowest BCUT2D eigenvalue weighted by atomic mass is 10.1. The Kier molecular flexibility index (Phi) is 3.27. The van der Waals surface area contributed by atoms with Gasteiger partial charge in [-0.2, -0.15) is 0 Å². The standard InChI is InChI=1S/C10H14BrNOS/c1-6-5-7(11)10(14-6)9(13)8-3-2-4-12-8/h5,8-9,12-13H,2-4H2,1H3. The minimum Gasteiger partial charge on any atom is -0.386 e. The Morgan fingerprint density at radius 3 is 3.00 bits per heavy atom. The highest BCUT2D eigenvalue weighted by molar-refractivity contribution is 9.10. The second-order valence-corrected chi connectivity index (χ2v) is 5.86. The van der Waals surface area contributed by atoms with Crippen LogP contribution in [0.15, 0.2) is 10.5 Å². The molecule has 0 spiro atoms. The smallest absolute Gasteiger partial charge is 0.105 e. The van der Waals surface area contributed by atoms with Crippen LogP contribution in [0.5, 0.6) is 0 Å². The lowest BCUT2D eigenvalue weighted by Gasteiger charge is -2.17. The van der Waals surface area contributed by atoms with Crippen LogP contribution < -0.4 is 5.32 Å². The van der Waals surface area contributed by atoms with Crippen molar-refractivity contribution in [1.29, 1.82) is 0 Å². The molecule has 1 aromatic rings. The second kappa shape index (κ2) is 4.31. The van der Waals surface area contributed by atoms with Crippen LogP contribution in [0.2, 0.25) is 0 Å². The van der Waals surface area contributed by atoms with Gasteiger partial charge in [-0.1, -0.05) is 0 Å². The van der Waals surface area contributed by atoms with E-state index in [9.17, 15) is 5.11 Å². The van der Waals surface area contributed by atoms with Crippen LogP contribution in [0.25, 0.3) is 0 Å². The van der Waals surface area contributed by atoms with Gasteiger partial charge in [0.15, 0.2) is 0 Å². The number of nitrogens with one attached hydrogen (secondary N) is 1. The van der Waals surface area contributed by atoms with Crippen molar-refractivity contribution in [2.24, 2.45) is 0 Å². The van der Waals surface area contributed by atoms with Crippen molar-refractivity contribution >= 4 is 27.3 Å². The summed E-state index contributed by atoms with van der Waals surface area (Å²) in [6.07, 6.45) is 1.89. The van der Waals surface area contributed by atoms with Crippen molar-refractivity contribution in [3.05, 3.63) is 20.3 Å². The molecule has 1 aromatic heterocycles. The Balaban J connectivity index is 2.17. The van der Waals surface area contributed by atoms with Crippen molar-refractivity contribution in [3.63, 3.8) is 0 Å². The molecule has 1 aliphatic heterocycles. The van der Waals surface area contributed by atoms with E-state index in [1.54, 1.807) is 11.3 Å². The van der Waals surface area contributed by atoms with Gasteiger partial charge >= 0.3 is 0 Å². The Bertz CT molecular complexity index is 320. The van der Waals surface area contributed by atoms with Gasteiger partial charge in [0.2, 0.25) is 0 Å². The number of hydrogen-bond acceptors (Lipinski definition) is 3. The topological polar surface area (TPSA) is 32.3 Å². The van der Waals surface area contributed by atoms with Gasteiger partial charge in [-0.15, -0.1) is 11.3 Å². The lowest BCUT2D eigenvalue weighted by molar-refractivity contribution is 0.140. The van der Waals surface area contributed by atoms with Crippen LogP contribution in [-0.2, 0) is 0 Å². The largest absolute Gasteiger partial charge is 0.386 e. The zero-order chi connectivity index (χ0) is 10.1. The van der Waals surface area contributed by atoms with Crippen molar-refractivity contribution < 1.29 is 5.11 Å². The third-order valence-electron chi connectivity index (χ3n) is 2.58. The molecule has 1 fully saturated rings. The van der Waals surface area contributed by atoms with E-state index in [2.05, 4.69) is 34.2 Å². The van der Waals surface area contributed by atoms with E-state index in [-0.39, 0.29) is 12.1 Å². The number of aliphatic hydroxyl groups is 1. The van der Waals surface area contributed by atoms with E-state index in [0.29, 0.717) is 0 Å². The van der Waals surface area contributed by atoms with Gasteiger partial charge in [-0.25, -0.2) is 0 Å². The molecule has 0 aliphatic carbocycles. The lowest BCUT2D eigenvalue weighted by Crippen LogP contribution is -2.28. The predicted molar refractivity (Wildman–Crippen MR) is 62.7 cm³/mol. The Labute approximate surface area is 96.5 Å². The minimum atomic E-state index is -0.356. The Morgan fingerprint density at radius 2 is 2.50 bits per heavy atom. The first kappa shape index (κ1) is 10.6. The zero-order valence-corrected chi connectivity index (χ0v) is 10.5. The van der Waals surface area contributed by atoms with E-state index in [1.807, 2.05) is 0 Å². The molecule has 2 unspecified atom stereocenters. The fraction of sp³-hybridized carbons (Fsp3) is 0.600. The number of thiophene rings is 1. The molecule has 0 bridgehead atoms. The van der Waals surface area contributed by atoms with Gasteiger partial charge in [0.25, 0.3) is 0 Å². The monoisotopic (exact) mass is 275 g/mol. The van der Waals surface area contributed by atoms with Gasteiger partial charge in [0, 0.05) is 20.3 Å². The molecule has 2 N–H and O–H groups in total. The molecule has 0 amide bonds. The molecule has 1 saturated heterocycles. The number of aryl methyl sites for hydroxylation is 1. The SMILES string of the molecule is Cc1cc(Br)c(C(O)C2CCCN2)s1. The number of halogens is 1. The first-order chi connectivity index (χ1) is 6.68. The second-order valence-electron chi connectivity index (χ2n) is 3.72. The third-order valence-corrected chi connectivity index (χ3v) is 4.62. The van der Waals surface area contributed by atoms with Gasteiger partial charge in [0.05, 0.1) is 0 Å². The molecule has 0 radical (unpaired) electrons. The van der Waals surface area contributed by atoms with Crippen LogP contribution in [0.4, 0.5) is 0 Å². The predicted octanol–water partition coefficient (Wildman–Crippen LogP) is 2.60. The zero-order valence-electron chi connectivity index (χ0n) is 8.09. The van der Waals surface area contributed by atoms with E-state index < -0.39 is 0 Å². The van der Waals surface area contributed by atoms with Crippen molar-refractivity contribution in [1.82, 2.24) is 5.32 Å². The highest BCUT2D eigenvalue weighted by Crippen LogP contribution is 2.35. The summed E-state index contributed by atoms with van der Waals surface area (Å²) in [6.45, 7) is 3.09. The van der Waals surface area contributed by atoms with Crippen LogP contribution in [0.1, 0.15) is 28.7 Å². The summed E-state index contributed by atoms with van der Waals surface area (Å²) >= 11 is 5.16. The summed E-state index contributed by atoms with van der Waals surface area (Å²) in [7, 11) is 0. The molecular formula is C10H14BrNOS. The fourth-order valence-electron chi connectivity index (χ4n) is 1.87. The molecule has 2 nitrogen and oxygen atoms in total. The van der Waals surface area contributed by atoms with Crippen molar-refractivity contribution in [2.45, 2.75) is 31.9 Å². The van der Waals surface area contributed by atoms with Crippen LogP contribution in [0, 0.1) is 6.92 Å². The Hall–Kier alpha value is 0.1000. The maximum Gasteiger partial charge on any atom is 0.105 e. The summed E-state index contributed by atoms with van der Waals surface area (Å²) in [5.74, 6) is 0. The molecule has 2 atom stereocenters.